The van der Waals surface area contributed by atoms with Gasteiger partial charge in [-0.15, -0.1) is 0 Å². The van der Waals surface area contributed by atoms with Gasteiger partial charge in [0.05, 0.1) is 16.5 Å². The Labute approximate surface area is 183 Å². The van der Waals surface area contributed by atoms with E-state index in [4.69, 9.17) is 4.98 Å². The molecule has 3 aromatic rings. The van der Waals surface area contributed by atoms with E-state index in [0.29, 0.717) is 23.9 Å². The zero-order valence-electron chi connectivity index (χ0n) is 18.9. The Balaban J connectivity index is 1.81. The average molecular weight is 443 g/mol. The monoisotopic (exact) mass is 442 g/mol. The van der Waals surface area contributed by atoms with Crippen LogP contribution in [-0.2, 0) is 22.0 Å². The minimum absolute atomic E-state index is 0.0511. The van der Waals surface area contributed by atoms with Gasteiger partial charge in [-0.05, 0) is 44.9 Å². The molecule has 31 heavy (non-hydrogen) atoms. The summed E-state index contributed by atoms with van der Waals surface area (Å²) in [5.74, 6) is 0.938. The van der Waals surface area contributed by atoms with Crippen molar-refractivity contribution in [2.45, 2.75) is 57.7 Å². The fourth-order valence-corrected chi connectivity index (χ4v) is 5.25. The quantitative estimate of drug-likeness (QED) is 0.664. The fraction of sp³-hybridized carbons (Fsp3) is 0.478. The van der Waals surface area contributed by atoms with Crippen molar-refractivity contribution in [3.63, 3.8) is 0 Å². The van der Waals surface area contributed by atoms with Crippen molar-refractivity contribution < 1.29 is 13.5 Å². The van der Waals surface area contributed by atoms with Crippen molar-refractivity contribution in [3.05, 3.63) is 47.4 Å². The average Bonchev–Trinajstić information content (AvgIpc) is 3.02. The van der Waals surface area contributed by atoms with Gasteiger partial charge in [0, 0.05) is 53.4 Å². The number of anilines is 1. The number of fused-ring (bicyclic) bond motifs is 3. The summed E-state index contributed by atoms with van der Waals surface area (Å²) in [5.41, 5.74) is 2.57. The smallest absolute Gasteiger partial charge is 0.226 e. The summed E-state index contributed by atoms with van der Waals surface area (Å²) in [7, 11) is -3.27. The summed E-state index contributed by atoms with van der Waals surface area (Å²) in [6, 6.07) is 7.54. The Morgan fingerprint density at radius 2 is 1.90 bits per heavy atom. The summed E-state index contributed by atoms with van der Waals surface area (Å²) >= 11 is 0. The van der Waals surface area contributed by atoms with Crippen LogP contribution in [0.25, 0.3) is 10.9 Å². The SMILES string of the molecule is Cc1nc(N2CCn3c(cc4ccc(S(C)(=O)=O)cc43)[C@@H]2C(C)C)ncc1C(C)(C)O. The van der Waals surface area contributed by atoms with E-state index in [1.54, 1.807) is 32.2 Å². The third-order valence-corrected chi connectivity index (χ3v) is 7.16. The highest BCUT2D eigenvalue weighted by atomic mass is 32.2. The van der Waals surface area contributed by atoms with Crippen LogP contribution >= 0.6 is 0 Å². The maximum atomic E-state index is 12.1. The normalized spacial score (nSPS) is 17.4. The number of rotatable bonds is 4. The van der Waals surface area contributed by atoms with Crippen LogP contribution in [0.5, 0.6) is 0 Å². The van der Waals surface area contributed by atoms with Crippen LogP contribution in [0, 0.1) is 12.8 Å². The second-order valence-electron chi connectivity index (χ2n) is 9.32. The molecule has 166 valence electrons. The molecule has 0 saturated heterocycles. The number of aromatic nitrogens is 3. The molecule has 0 amide bonds. The number of aryl methyl sites for hydroxylation is 1. The van der Waals surface area contributed by atoms with E-state index in [0.717, 1.165) is 27.9 Å². The first-order valence-electron chi connectivity index (χ1n) is 10.5. The molecule has 8 heteroatoms. The summed E-state index contributed by atoms with van der Waals surface area (Å²) in [6.07, 6.45) is 2.96. The van der Waals surface area contributed by atoms with Crippen LogP contribution < -0.4 is 4.90 Å². The van der Waals surface area contributed by atoms with E-state index >= 15 is 0 Å². The van der Waals surface area contributed by atoms with Gasteiger partial charge in [-0.2, -0.15) is 0 Å². The van der Waals surface area contributed by atoms with E-state index in [1.807, 2.05) is 13.0 Å². The molecular weight excluding hydrogens is 412 g/mol. The third kappa shape index (κ3) is 3.83. The van der Waals surface area contributed by atoms with Crippen LogP contribution in [0.4, 0.5) is 5.95 Å². The molecule has 1 aliphatic rings. The summed E-state index contributed by atoms with van der Waals surface area (Å²) in [4.78, 5) is 11.9. The zero-order valence-corrected chi connectivity index (χ0v) is 19.7. The van der Waals surface area contributed by atoms with Crippen molar-refractivity contribution in [2.24, 2.45) is 5.92 Å². The van der Waals surface area contributed by atoms with E-state index in [1.165, 1.54) is 6.26 Å². The molecule has 0 aliphatic carbocycles. The highest BCUT2D eigenvalue weighted by Gasteiger charge is 2.34. The van der Waals surface area contributed by atoms with Crippen molar-refractivity contribution in [2.75, 3.05) is 17.7 Å². The number of sulfone groups is 1. The molecule has 3 heterocycles. The molecule has 4 rings (SSSR count). The van der Waals surface area contributed by atoms with Crippen LogP contribution in [-0.4, -0.2) is 40.9 Å². The highest BCUT2D eigenvalue weighted by Crippen LogP contribution is 2.38. The van der Waals surface area contributed by atoms with Gasteiger partial charge in [0.15, 0.2) is 9.84 Å². The van der Waals surface area contributed by atoms with Gasteiger partial charge in [-0.25, -0.2) is 18.4 Å². The van der Waals surface area contributed by atoms with Crippen molar-refractivity contribution >= 4 is 26.7 Å². The lowest BCUT2D eigenvalue weighted by Gasteiger charge is -2.39. The molecule has 0 fully saturated rings. The van der Waals surface area contributed by atoms with Gasteiger partial charge in [0.2, 0.25) is 5.95 Å². The minimum Gasteiger partial charge on any atom is -0.386 e. The molecular formula is C23H30N4O3S. The predicted octanol–water partition coefficient (Wildman–Crippen LogP) is 3.59. The Morgan fingerprint density at radius 3 is 2.48 bits per heavy atom. The topological polar surface area (TPSA) is 88.3 Å². The van der Waals surface area contributed by atoms with Gasteiger partial charge in [-0.1, -0.05) is 19.9 Å². The molecule has 1 aliphatic heterocycles. The first kappa shape index (κ1) is 21.8. The number of nitrogens with zero attached hydrogens (tertiary/aromatic N) is 4. The van der Waals surface area contributed by atoms with E-state index in [-0.39, 0.29) is 12.0 Å². The van der Waals surface area contributed by atoms with Crippen molar-refractivity contribution in [1.29, 1.82) is 0 Å². The van der Waals surface area contributed by atoms with E-state index in [9.17, 15) is 13.5 Å². The fourth-order valence-electron chi connectivity index (χ4n) is 4.61. The van der Waals surface area contributed by atoms with Crippen LogP contribution in [0.2, 0.25) is 0 Å². The standard InChI is InChI=1S/C23H30N4O3S/c1-14(2)21-20-11-16-7-8-17(31(6,29)30)12-19(16)26(20)9-10-27(21)22-24-13-18(15(3)25-22)23(4,5)28/h7-8,11-14,21,28H,9-10H2,1-6H3/t21-/m0/s1. The molecule has 1 N–H and O–H groups in total. The lowest BCUT2D eigenvalue weighted by Crippen LogP contribution is -2.41. The van der Waals surface area contributed by atoms with Gasteiger partial charge in [0.25, 0.3) is 0 Å². The molecule has 0 bridgehead atoms. The van der Waals surface area contributed by atoms with Crippen molar-refractivity contribution in [1.82, 2.24) is 14.5 Å². The first-order valence-corrected chi connectivity index (χ1v) is 12.4. The Bertz CT molecular complexity index is 1260. The predicted molar refractivity (Wildman–Crippen MR) is 122 cm³/mol. The summed E-state index contributed by atoms with van der Waals surface area (Å²) in [6.45, 7) is 11.1. The number of hydrogen-bond acceptors (Lipinski definition) is 6. The maximum Gasteiger partial charge on any atom is 0.226 e. The first-order chi connectivity index (χ1) is 14.4. The molecule has 0 spiro atoms. The molecule has 2 aromatic heterocycles. The Kier molecular flexibility index (Phi) is 5.13. The lowest BCUT2D eigenvalue weighted by molar-refractivity contribution is 0.0770. The van der Waals surface area contributed by atoms with Gasteiger partial charge >= 0.3 is 0 Å². The number of benzene rings is 1. The lowest BCUT2D eigenvalue weighted by atomic mass is 9.97. The molecule has 0 unspecified atom stereocenters. The third-order valence-electron chi connectivity index (χ3n) is 6.05. The van der Waals surface area contributed by atoms with Crippen LogP contribution in [0.1, 0.15) is 50.7 Å². The second kappa shape index (κ2) is 7.31. The zero-order chi connectivity index (χ0) is 22.7. The Morgan fingerprint density at radius 1 is 1.19 bits per heavy atom. The largest absolute Gasteiger partial charge is 0.386 e. The van der Waals surface area contributed by atoms with Gasteiger partial charge in [-0.3, -0.25) is 0 Å². The molecule has 1 aromatic carbocycles. The van der Waals surface area contributed by atoms with Crippen LogP contribution in [0.3, 0.4) is 0 Å². The van der Waals surface area contributed by atoms with Gasteiger partial charge in [0.1, 0.15) is 0 Å². The number of hydrogen-bond donors (Lipinski definition) is 1. The van der Waals surface area contributed by atoms with E-state index in [2.05, 4.69) is 34.4 Å². The molecule has 1 atom stereocenters. The second-order valence-corrected chi connectivity index (χ2v) is 11.3. The molecule has 0 radical (unpaired) electrons. The van der Waals surface area contributed by atoms with Crippen LogP contribution in [0.15, 0.2) is 35.4 Å². The molecule has 7 nitrogen and oxygen atoms in total. The minimum atomic E-state index is -3.27. The maximum absolute atomic E-state index is 12.1. The van der Waals surface area contributed by atoms with Crippen molar-refractivity contribution in [3.8, 4) is 0 Å². The summed E-state index contributed by atoms with van der Waals surface area (Å²) in [5, 5.41) is 11.4. The van der Waals surface area contributed by atoms with E-state index < -0.39 is 15.4 Å². The molecule has 0 saturated carbocycles. The Hall–Kier alpha value is -2.45. The number of aliphatic hydroxyl groups is 1. The van der Waals surface area contributed by atoms with Gasteiger partial charge < -0.3 is 14.6 Å². The summed E-state index contributed by atoms with van der Waals surface area (Å²) < 4.78 is 26.3. The highest BCUT2D eigenvalue weighted by molar-refractivity contribution is 7.90.